The molecule has 1 aromatic carbocycles. The standard InChI is InChI=1S/C15H22N2O4S/c1-15(2)12-17(9-10-21-15)14(18)11-16(3)22(19,20)13-7-5-4-6-8-13/h4-8H,9-12H2,1-3H3. The molecule has 6 nitrogen and oxygen atoms in total. The number of morpholine rings is 1. The summed E-state index contributed by atoms with van der Waals surface area (Å²) in [6.45, 7) is 5.07. The Labute approximate surface area is 131 Å². The van der Waals surface area contributed by atoms with E-state index in [1.54, 1.807) is 23.1 Å². The van der Waals surface area contributed by atoms with Crippen molar-refractivity contribution in [2.75, 3.05) is 33.3 Å². The topological polar surface area (TPSA) is 66.9 Å². The molecule has 1 aromatic rings. The van der Waals surface area contributed by atoms with Gasteiger partial charge in [0.1, 0.15) is 0 Å². The molecule has 0 radical (unpaired) electrons. The van der Waals surface area contributed by atoms with E-state index in [9.17, 15) is 13.2 Å². The SMILES string of the molecule is CN(CC(=O)N1CCOC(C)(C)C1)S(=O)(=O)c1ccccc1. The zero-order valence-electron chi connectivity index (χ0n) is 13.2. The van der Waals surface area contributed by atoms with Crippen LogP contribution in [0.4, 0.5) is 0 Å². The molecule has 0 atom stereocenters. The Morgan fingerprint density at radius 1 is 1.32 bits per heavy atom. The van der Waals surface area contributed by atoms with Crippen LogP contribution < -0.4 is 0 Å². The molecule has 122 valence electrons. The zero-order chi connectivity index (χ0) is 16.4. The van der Waals surface area contributed by atoms with Gasteiger partial charge in [0.25, 0.3) is 0 Å². The third-order valence-corrected chi connectivity index (χ3v) is 5.41. The lowest BCUT2D eigenvalue weighted by atomic mass is 10.1. The number of hydrogen-bond donors (Lipinski definition) is 0. The fraction of sp³-hybridized carbons (Fsp3) is 0.533. The lowest BCUT2D eigenvalue weighted by Gasteiger charge is -2.38. The second-order valence-corrected chi connectivity index (χ2v) is 8.04. The molecule has 0 N–H and O–H groups in total. The molecule has 2 rings (SSSR count). The van der Waals surface area contributed by atoms with Crippen LogP contribution in [0.1, 0.15) is 13.8 Å². The Morgan fingerprint density at radius 3 is 2.55 bits per heavy atom. The van der Waals surface area contributed by atoms with Crippen molar-refractivity contribution in [3.05, 3.63) is 30.3 Å². The number of sulfonamides is 1. The van der Waals surface area contributed by atoms with E-state index in [0.717, 1.165) is 4.31 Å². The summed E-state index contributed by atoms with van der Waals surface area (Å²) in [5.41, 5.74) is -0.398. The van der Waals surface area contributed by atoms with Crippen LogP contribution >= 0.6 is 0 Å². The first-order chi connectivity index (χ1) is 10.2. The summed E-state index contributed by atoms with van der Waals surface area (Å²) in [5.74, 6) is -0.210. The first-order valence-electron chi connectivity index (χ1n) is 7.15. The van der Waals surface area contributed by atoms with E-state index in [1.165, 1.54) is 19.2 Å². The van der Waals surface area contributed by atoms with Crippen LogP contribution in [0.3, 0.4) is 0 Å². The van der Waals surface area contributed by atoms with Crippen LogP contribution in [-0.2, 0) is 19.6 Å². The Hall–Kier alpha value is -1.44. The van der Waals surface area contributed by atoms with Crippen LogP contribution in [-0.4, -0.2) is 62.4 Å². The van der Waals surface area contributed by atoms with Gasteiger partial charge in [0.15, 0.2) is 0 Å². The molecule has 1 fully saturated rings. The monoisotopic (exact) mass is 326 g/mol. The normalized spacial score (nSPS) is 18.5. The van der Waals surface area contributed by atoms with Crippen molar-refractivity contribution < 1.29 is 17.9 Å². The molecular formula is C15H22N2O4S. The zero-order valence-corrected chi connectivity index (χ0v) is 14.0. The molecule has 0 aliphatic carbocycles. The van der Waals surface area contributed by atoms with Gasteiger partial charge in [-0.2, -0.15) is 4.31 Å². The molecule has 0 unspecified atom stereocenters. The number of hydrogen-bond acceptors (Lipinski definition) is 4. The summed E-state index contributed by atoms with van der Waals surface area (Å²) in [7, 11) is -2.22. The van der Waals surface area contributed by atoms with Crippen molar-refractivity contribution in [1.29, 1.82) is 0 Å². The first kappa shape index (κ1) is 16.9. The summed E-state index contributed by atoms with van der Waals surface area (Å²) < 4.78 is 31.5. The first-order valence-corrected chi connectivity index (χ1v) is 8.59. The quantitative estimate of drug-likeness (QED) is 0.826. The van der Waals surface area contributed by atoms with Gasteiger partial charge in [-0.05, 0) is 26.0 Å². The van der Waals surface area contributed by atoms with E-state index in [1.807, 2.05) is 13.8 Å². The lowest BCUT2D eigenvalue weighted by Crippen LogP contribution is -2.53. The number of ether oxygens (including phenoxy) is 1. The highest BCUT2D eigenvalue weighted by atomic mass is 32.2. The summed E-state index contributed by atoms with van der Waals surface area (Å²) in [4.78, 5) is 14.2. The molecule has 1 saturated heterocycles. The van der Waals surface area contributed by atoms with Gasteiger partial charge in [0.2, 0.25) is 15.9 Å². The van der Waals surface area contributed by atoms with Crippen LogP contribution in [0.25, 0.3) is 0 Å². The van der Waals surface area contributed by atoms with E-state index in [2.05, 4.69) is 0 Å². The Balaban J connectivity index is 2.05. The molecule has 0 saturated carbocycles. The lowest BCUT2D eigenvalue weighted by molar-refractivity contribution is -0.145. The van der Waals surface area contributed by atoms with Crippen LogP contribution in [0.2, 0.25) is 0 Å². The van der Waals surface area contributed by atoms with Crippen LogP contribution in [0.15, 0.2) is 35.2 Å². The number of amides is 1. The summed E-state index contributed by atoms with van der Waals surface area (Å²) in [5, 5.41) is 0. The van der Waals surface area contributed by atoms with Gasteiger partial charge in [-0.25, -0.2) is 8.42 Å². The van der Waals surface area contributed by atoms with E-state index in [0.29, 0.717) is 19.7 Å². The van der Waals surface area contributed by atoms with Crippen LogP contribution in [0.5, 0.6) is 0 Å². The van der Waals surface area contributed by atoms with Gasteiger partial charge in [0, 0.05) is 20.1 Å². The van der Waals surface area contributed by atoms with Gasteiger partial charge in [-0.3, -0.25) is 4.79 Å². The van der Waals surface area contributed by atoms with E-state index in [4.69, 9.17) is 4.74 Å². The smallest absolute Gasteiger partial charge is 0.243 e. The van der Waals surface area contributed by atoms with Gasteiger partial charge in [-0.15, -0.1) is 0 Å². The average molecular weight is 326 g/mol. The summed E-state index contributed by atoms with van der Waals surface area (Å²) in [6.07, 6.45) is 0. The largest absolute Gasteiger partial charge is 0.372 e. The number of carbonyl (C=O) groups excluding carboxylic acids is 1. The van der Waals surface area contributed by atoms with E-state index >= 15 is 0 Å². The third-order valence-electron chi connectivity index (χ3n) is 3.59. The van der Waals surface area contributed by atoms with Gasteiger partial charge >= 0.3 is 0 Å². The van der Waals surface area contributed by atoms with Crippen molar-refractivity contribution in [1.82, 2.24) is 9.21 Å². The van der Waals surface area contributed by atoms with E-state index in [-0.39, 0.29) is 17.3 Å². The number of rotatable bonds is 4. The molecular weight excluding hydrogens is 304 g/mol. The van der Waals surface area contributed by atoms with Crippen molar-refractivity contribution in [3.63, 3.8) is 0 Å². The van der Waals surface area contributed by atoms with Crippen molar-refractivity contribution >= 4 is 15.9 Å². The van der Waals surface area contributed by atoms with Gasteiger partial charge in [-0.1, -0.05) is 18.2 Å². The minimum absolute atomic E-state index is 0.173. The van der Waals surface area contributed by atoms with E-state index < -0.39 is 15.6 Å². The minimum atomic E-state index is -3.65. The predicted octanol–water partition coefficient (Wildman–Crippen LogP) is 0.944. The summed E-state index contributed by atoms with van der Waals surface area (Å²) in [6, 6.07) is 8.11. The number of likely N-dealkylation sites (N-methyl/N-ethyl adjacent to an activating group) is 1. The molecule has 0 bridgehead atoms. The highest BCUT2D eigenvalue weighted by molar-refractivity contribution is 7.89. The van der Waals surface area contributed by atoms with Crippen molar-refractivity contribution in [2.24, 2.45) is 0 Å². The molecule has 1 amide bonds. The molecule has 0 spiro atoms. The molecule has 1 heterocycles. The highest BCUT2D eigenvalue weighted by Gasteiger charge is 2.31. The second-order valence-electron chi connectivity index (χ2n) is 6.00. The number of nitrogens with zero attached hydrogens (tertiary/aromatic N) is 2. The Bertz CT molecular complexity index is 628. The third kappa shape index (κ3) is 3.85. The molecule has 0 aromatic heterocycles. The average Bonchev–Trinajstić information content (AvgIpc) is 2.47. The number of benzene rings is 1. The maximum absolute atomic E-state index is 12.4. The van der Waals surface area contributed by atoms with Gasteiger partial charge in [0.05, 0.1) is 23.6 Å². The van der Waals surface area contributed by atoms with Crippen molar-refractivity contribution in [3.8, 4) is 0 Å². The maximum Gasteiger partial charge on any atom is 0.243 e. The molecule has 1 aliphatic heterocycles. The maximum atomic E-state index is 12.4. The van der Waals surface area contributed by atoms with Crippen LogP contribution in [0, 0.1) is 0 Å². The predicted molar refractivity (Wildman–Crippen MR) is 82.9 cm³/mol. The Kier molecular flexibility index (Phi) is 4.89. The fourth-order valence-corrected chi connectivity index (χ4v) is 3.52. The Morgan fingerprint density at radius 2 is 1.95 bits per heavy atom. The molecule has 1 aliphatic rings. The molecule has 7 heteroatoms. The highest BCUT2D eigenvalue weighted by Crippen LogP contribution is 2.18. The molecule has 22 heavy (non-hydrogen) atoms. The number of carbonyl (C=O) groups is 1. The second kappa shape index (κ2) is 6.36. The summed E-state index contributed by atoms with van der Waals surface area (Å²) >= 11 is 0. The fourth-order valence-electron chi connectivity index (χ4n) is 2.38. The minimum Gasteiger partial charge on any atom is -0.372 e. The van der Waals surface area contributed by atoms with Crippen molar-refractivity contribution in [2.45, 2.75) is 24.3 Å². The van der Waals surface area contributed by atoms with Gasteiger partial charge < -0.3 is 9.64 Å².